The highest BCUT2D eigenvalue weighted by Gasteiger charge is 2.22. The van der Waals surface area contributed by atoms with Gasteiger partial charge in [-0.2, -0.15) is 10.1 Å². The minimum atomic E-state index is -0.293. The Morgan fingerprint density at radius 3 is 2.81 bits per heavy atom. The third-order valence-corrected chi connectivity index (χ3v) is 4.60. The number of nitrogens with zero attached hydrogens (tertiary/aromatic N) is 6. The van der Waals surface area contributed by atoms with Gasteiger partial charge in [0.25, 0.3) is 0 Å². The van der Waals surface area contributed by atoms with Crippen molar-refractivity contribution in [2.45, 2.75) is 19.1 Å². The fourth-order valence-electron chi connectivity index (χ4n) is 3.17. The van der Waals surface area contributed by atoms with Crippen molar-refractivity contribution in [1.29, 1.82) is 0 Å². The Morgan fingerprint density at radius 2 is 2.07 bits per heavy atom. The standard InChI is InChI=1S/C19H21FN6O/c1-24(19-21-8-6-18(23-19)25-9-7-17(27)13-25)11-14-10-22-26(12-14)16-4-2-15(20)3-5-16/h2-6,8,10,12,17,27H,7,9,11,13H2,1H3. The number of aromatic nitrogens is 4. The second-order valence-electron chi connectivity index (χ2n) is 6.73. The predicted molar refractivity (Wildman–Crippen MR) is 100 cm³/mol. The highest BCUT2D eigenvalue weighted by Crippen LogP contribution is 2.20. The Morgan fingerprint density at radius 1 is 1.26 bits per heavy atom. The third-order valence-electron chi connectivity index (χ3n) is 4.60. The van der Waals surface area contributed by atoms with E-state index in [4.69, 9.17) is 0 Å². The fourth-order valence-corrected chi connectivity index (χ4v) is 3.17. The Bertz CT molecular complexity index is 913. The molecule has 2 aromatic heterocycles. The third kappa shape index (κ3) is 3.90. The van der Waals surface area contributed by atoms with Gasteiger partial charge in [-0.1, -0.05) is 0 Å². The molecular formula is C19H21FN6O. The molecule has 0 radical (unpaired) electrons. The molecule has 27 heavy (non-hydrogen) atoms. The SMILES string of the molecule is CN(Cc1cnn(-c2ccc(F)cc2)c1)c1nccc(N2CCC(O)C2)n1. The lowest BCUT2D eigenvalue weighted by Crippen LogP contribution is -2.24. The van der Waals surface area contributed by atoms with Crippen LogP contribution in [0.3, 0.4) is 0 Å². The lowest BCUT2D eigenvalue weighted by atomic mass is 10.3. The van der Waals surface area contributed by atoms with E-state index >= 15 is 0 Å². The first-order chi connectivity index (χ1) is 13.1. The maximum Gasteiger partial charge on any atom is 0.227 e. The summed E-state index contributed by atoms with van der Waals surface area (Å²) in [6.07, 6.45) is 5.89. The number of hydrogen-bond donors (Lipinski definition) is 1. The summed E-state index contributed by atoms with van der Waals surface area (Å²) in [6.45, 7) is 1.99. The highest BCUT2D eigenvalue weighted by molar-refractivity contribution is 5.44. The van der Waals surface area contributed by atoms with Crippen LogP contribution in [0.15, 0.2) is 48.9 Å². The maximum atomic E-state index is 13.1. The summed E-state index contributed by atoms with van der Waals surface area (Å²) in [7, 11) is 1.92. The van der Waals surface area contributed by atoms with Gasteiger partial charge in [0.2, 0.25) is 5.95 Å². The number of hydrogen-bond acceptors (Lipinski definition) is 6. The molecule has 140 valence electrons. The van der Waals surface area contributed by atoms with E-state index in [1.807, 2.05) is 24.2 Å². The molecule has 1 atom stereocenters. The number of anilines is 2. The van der Waals surface area contributed by atoms with Gasteiger partial charge in [-0.3, -0.25) is 0 Å². The van der Waals surface area contributed by atoms with Crippen LogP contribution in [-0.2, 0) is 6.54 Å². The Kier molecular flexibility index (Phi) is 4.72. The van der Waals surface area contributed by atoms with E-state index in [1.165, 1.54) is 12.1 Å². The van der Waals surface area contributed by atoms with Crippen molar-refractivity contribution >= 4 is 11.8 Å². The molecule has 0 spiro atoms. The second-order valence-corrected chi connectivity index (χ2v) is 6.73. The predicted octanol–water partition coefficient (Wildman–Crippen LogP) is 2.01. The number of benzene rings is 1. The second kappa shape index (κ2) is 7.32. The van der Waals surface area contributed by atoms with Gasteiger partial charge in [0, 0.05) is 44.6 Å². The summed E-state index contributed by atoms with van der Waals surface area (Å²) < 4.78 is 14.8. The van der Waals surface area contributed by atoms with Crippen molar-refractivity contribution in [1.82, 2.24) is 19.7 Å². The van der Waals surface area contributed by atoms with Crippen LogP contribution < -0.4 is 9.80 Å². The van der Waals surface area contributed by atoms with E-state index in [-0.39, 0.29) is 11.9 Å². The van der Waals surface area contributed by atoms with Crippen LogP contribution in [-0.4, -0.2) is 51.1 Å². The molecule has 3 heterocycles. The van der Waals surface area contributed by atoms with E-state index in [2.05, 4.69) is 20.0 Å². The van der Waals surface area contributed by atoms with Crippen LogP contribution in [0.25, 0.3) is 5.69 Å². The minimum Gasteiger partial charge on any atom is -0.391 e. The van der Waals surface area contributed by atoms with Crippen molar-refractivity contribution in [3.8, 4) is 5.69 Å². The van der Waals surface area contributed by atoms with Gasteiger partial charge in [0.15, 0.2) is 0 Å². The quantitative estimate of drug-likeness (QED) is 0.743. The van der Waals surface area contributed by atoms with Crippen LogP contribution in [0.2, 0.25) is 0 Å². The van der Waals surface area contributed by atoms with Gasteiger partial charge in [-0.15, -0.1) is 0 Å². The van der Waals surface area contributed by atoms with Crippen molar-refractivity contribution in [2.24, 2.45) is 0 Å². The topological polar surface area (TPSA) is 70.3 Å². The Balaban J connectivity index is 1.46. The average molecular weight is 368 g/mol. The zero-order chi connectivity index (χ0) is 18.8. The summed E-state index contributed by atoms with van der Waals surface area (Å²) in [5, 5.41) is 14.1. The van der Waals surface area contributed by atoms with E-state index in [0.717, 1.165) is 30.0 Å². The average Bonchev–Trinajstić information content (AvgIpc) is 3.32. The van der Waals surface area contributed by atoms with Crippen LogP contribution in [0.5, 0.6) is 0 Å². The zero-order valence-corrected chi connectivity index (χ0v) is 15.0. The van der Waals surface area contributed by atoms with Crippen molar-refractivity contribution in [3.05, 3.63) is 60.3 Å². The van der Waals surface area contributed by atoms with Crippen LogP contribution in [0.4, 0.5) is 16.2 Å². The molecule has 4 rings (SSSR count). The number of β-amino-alcohol motifs (C(OH)–C–C–N with tert-alkyl or cyclic N) is 1. The van der Waals surface area contributed by atoms with Crippen molar-refractivity contribution < 1.29 is 9.50 Å². The van der Waals surface area contributed by atoms with E-state index in [0.29, 0.717) is 19.0 Å². The van der Waals surface area contributed by atoms with Crippen LogP contribution >= 0.6 is 0 Å². The van der Waals surface area contributed by atoms with Gasteiger partial charge in [-0.25, -0.2) is 14.1 Å². The van der Waals surface area contributed by atoms with Crippen molar-refractivity contribution in [3.63, 3.8) is 0 Å². The normalized spacial score (nSPS) is 16.7. The van der Waals surface area contributed by atoms with E-state index in [1.54, 1.807) is 29.2 Å². The molecule has 1 unspecified atom stereocenters. The Hall–Kier alpha value is -3.00. The van der Waals surface area contributed by atoms with Crippen LogP contribution in [0, 0.1) is 5.82 Å². The van der Waals surface area contributed by atoms with Gasteiger partial charge < -0.3 is 14.9 Å². The molecule has 1 aliphatic rings. The van der Waals surface area contributed by atoms with Gasteiger partial charge in [0.05, 0.1) is 18.0 Å². The molecule has 1 fully saturated rings. The molecule has 0 saturated carbocycles. The summed E-state index contributed by atoms with van der Waals surface area (Å²) >= 11 is 0. The molecule has 1 saturated heterocycles. The summed E-state index contributed by atoms with van der Waals surface area (Å²) in [6, 6.07) is 8.07. The van der Waals surface area contributed by atoms with E-state index in [9.17, 15) is 9.50 Å². The number of aliphatic hydroxyl groups excluding tert-OH is 1. The first kappa shape index (κ1) is 17.4. The molecular weight excluding hydrogens is 347 g/mol. The number of halogens is 1. The van der Waals surface area contributed by atoms with E-state index < -0.39 is 0 Å². The van der Waals surface area contributed by atoms with Crippen LogP contribution in [0.1, 0.15) is 12.0 Å². The fraction of sp³-hybridized carbons (Fsp3) is 0.316. The molecule has 1 aromatic carbocycles. The molecule has 1 N–H and O–H groups in total. The molecule has 0 amide bonds. The lowest BCUT2D eigenvalue weighted by Gasteiger charge is -2.20. The first-order valence-corrected chi connectivity index (χ1v) is 8.85. The lowest BCUT2D eigenvalue weighted by molar-refractivity contribution is 0.198. The molecule has 0 bridgehead atoms. The van der Waals surface area contributed by atoms with Crippen molar-refractivity contribution in [2.75, 3.05) is 29.9 Å². The van der Waals surface area contributed by atoms with Gasteiger partial charge in [0.1, 0.15) is 11.6 Å². The minimum absolute atomic E-state index is 0.270. The molecule has 1 aliphatic heterocycles. The first-order valence-electron chi connectivity index (χ1n) is 8.85. The molecule has 0 aliphatic carbocycles. The monoisotopic (exact) mass is 368 g/mol. The van der Waals surface area contributed by atoms with Gasteiger partial charge in [-0.05, 0) is 36.8 Å². The smallest absolute Gasteiger partial charge is 0.227 e. The largest absolute Gasteiger partial charge is 0.391 e. The zero-order valence-electron chi connectivity index (χ0n) is 15.0. The highest BCUT2D eigenvalue weighted by atomic mass is 19.1. The van der Waals surface area contributed by atoms with Gasteiger partial charge >= 0.3 is 0 Å². The summed E-state index contributed by atoms with van der Waals surface area (Å²) in [5.41, 5.74) is 1.79. The number of aliphatic hydroxyl groups is 1. The summed E-state index contributed by atoms with van der Waals surface area (Å²) in [5.74, 6) is 1.17. The summed E-state index contributed by atoms with van der Waals surface area (Å²) in [4.78, 5) is 13.0. The maximum absolute atomic E-state index is 13.1. The molecule has 8 heteroatoms. The number of rotatable bonds is 5. The molecule has 3 aromatic rings. The Labute approximate surface area is 156 Å². The molecule has 7 nitrogen and oxygen atoms in total.